The molecule has 2 rings (SSSR count). The van der Waals surface area contributed by atoms with Crippen LogP contribution in [0.4, 0.5) is 0 Å². The van der Waals surface area contributed by atoms with Crippen molar-refractivity contribution >= 4 is 11.8 Å². The first-order valence-corrected chi connectivity index (χ1v) is 8.60. The molecule has 1 aromatic heterocycles. The van der Waals surface area contributed by atoms with Crippen molar-refractivity contribution in [3.8, 4) is 0 Å². The summed E-state index contributed by atoms with van der Waals surface area (Å²) in [6, 6.07) is 5.73. The Balaban J connectivity index is 1.76. The van der Waals surface area contributed by atoms with E-state index in [0.717, 1.165) is 31.4 Å². The van der Waals surface area contributed by atoms with Gasteiger partial charge in [-0.2, -0.15) is 0 Å². The Labute approximate surface area is 143 Å². The van der Waals surface area contributed by atoms with Crippen molar-refractivity contribution in [2.45, 2.75) is 44.6 Å². The minimum atomic E-state index is -0.476. The molecule has 1 aliphatic rings. The van der Waals surface area contributed by atoms with E-state index < -0.39 is 5.54 Å². The normalized spacial score (nSPS) is 23.5. The van der Waals surface area contributed by atoms with Gasteiger partial charge in [0.15, 0.2) is 0 Å². The lowest BCUT2D eigenvalue weighted by molar-refractivity contribution is -0.134. The molecule has 0 aromatic carbocycles. The van der Waals surface area contributed by atoms with E-state index in [4.69, 9.17) is 5.73 Å². The standard InChI is InChI=1S/C18H28N4O2/c1-18(19)10-5-3-8-15(18)17(24)21-13-16(23)22(2)12-9-14-7-4-6-11-20-14/h4,6-7,11,15H,3,5,8-10,12-13,19H2,1-2H3,(H,21,24). The van der Waals surface area contributed by atoms with Crippen molar-refractivity contribution in [3.05, 3.63) is 30.1 Å². The van der Waals surface area contributed by atoms with E-state index in [1.807, 2.05) is 25.1 Å². The summed E-state index contributed by atoms with van der Waals surface area (Å²) in [5, 5.41) is 2.76. The van der Waals surface area contributed by atoms with Gasteiger partial charge in [-0.05, 0) is 31.9 Å². The second-order valence-corrected chi connectivity index (χ2v) is 6.91. The van der Waals surface area contributed by atoms with Crippen molar-refractivity contribution in [2.75, 3.05) is 20.1 Å². The Bertz CT molecular complexity index is 559. The van der Waals surface area contributed by atoms with Crippen molar-refractivity contribution in [3.63, 3.8) is 0 Å². The van der Waals surface area contributed by atoms with Gasteiger partial charge in [-0.1, -0.05) is 18.9 Å². The van der Waals surface area contributed by atoms with E-state index in [9.17, 15) is 9.59 Å². The lowest BCUT2D eigenvalue weighted by Gasteiger charge is -2.37. The van der Waals surface area contributed by atoms with E-state index >= 15 is 0 Å². The third-order valence-corrected chi connectivity index (χ3v) is 4.84. The van der Waals surface area contributed by atoms with E-state index in [1.165, 1.54) is 0 Å². The van der Waals surface area contributed by atoms with Crippen molar-refractivity contribution in [1.29, 1.82) is 0 Å². The van der Waals surface area contributed by atoms with Crippen LogP contribution in [0.3, 0.4) is 0 Å². The number of hydrogen-bond acceptors (Lipinski definition) is 4. The van der Waals surface area contributed by atoms with Crippen molar-refractivity contribution < 1.29 is 9.59 Å². The number of likely N-dealkylation sites (N-methyl/N-ethyl adjacent to an activating group) is 1. The fourth-order valence-electron chi connectivity index (χ4n) is 3.16. The van der Waals surface area contributed by atoms with Gasteiger partial charge in [0.25, 0.3) is 0 Å². The predicted octanol–water partition coefficient (Wildman–Crippen LogP) is 1.11. The molecule has 1 fully saturated rings. The Hall–Kier alpha value is -1.95. The van der Waals surface area contributed by atoms with Gasteiger partial charge < -0.3 is 16.0 Å². The fraction of sp³-hybridized carbons (Fsp3) is 0.611. The molecule has 24 heavy (non-hydrogen) atoms. The van der Waals surface area contributed by atoms with Crippen LogP contribution < -0.4 is 11.1 Å². The number of nitrogens with zero attached hydrogens (tertiary/aromatic N) is 2. The van der Waals surface area contributed by atoms with Gasteiger partial charge in [-0.25, -0.2) is 0 Å². The van der Waals surface area contributed by atoms with Crippen LogP contribution in [0.2, 0.25) is 0 Å². The topological polar surface area (TPSA) is 88.3 Å². The van der Waals surface area contributed by atoms with Gasteiger partial charge in [-0.3, -0.25) is 14.6 Å². The monoisotopic (exact) mass is 332 g/mol. The third-order valence-electron chi connectivity index (χ3n) is 4.84. The summed E-state index contributed by atoms with van der Waals surface area (Å²) in [5.74, 6) is -0.419. The zero-order chi connectivity index (χ0) is 17.6. The van der Waals surface area contributed by atoms with Gasteiger partial charge in [0, 0.05) is 37.4 Å². The van der Waals surface area contributed by atoms with Gasteiger partial charge in [0.2, 0.25) is 11.8 Å². The maximum Gasteiger partial charge on any atom is 0.241 e. The van der Waals surface area contributed by atoms with E-state index in [1.54, 1.807) is 18.1 Å². The summed E-state index contributed by atoms with van der Waals surface area (Å²) in [7, 11) is 1.74. The molecule has 0 saturated heterocycles. The Morgan fingerprint density at radius 3 is 2.88 bits per heavy atom. The molecule has 6 nitrogen and oxygen atoms in total. The molecule has 1 heterocycles. The van der Waals surface area contributed by atoms with Crippen LogP contribution in [0, 0.1) is 5.92 Å². The van der Waals surface area contributed by atoms with E-state index in [0.29, 0.717) is 13.0 Å². The van der Waals surface area contributed by atoms with Crippen LogP contribution >= 0.6 is 0 Å². The Morgan fingerprint density at radius 1 is 1.42 bits per heavy atom. The summed E-state index contributed by atoms with van der Waals surface area (Å²) in [4.78, 5) is 30.4. The molecule has 2 unspecified atom stereocenters. The summed E-state index contributed by atoms with van der Waals surface area (Å²) >= 11 is 0. The van der Waals surface area contributed by atoms with Gasteiger partial charge in [-0.15, -0.1) is 0 Å². The summed E-state index contributed by atoms with van der Waals surface area (Å²) < 4.78 is 0. The lowest BCUT2D eigenvalue weighted by atomic mass is 9.74. The first-order valence-electron chi connectivity index (χ1n) is 8.60. The number of carbonyl (C=O) groups excluding carboxylic acids is 2. The molecule has 0 aliphatic heterocycles. The highest BCUT2D eigenvalue weighted by Gasteiger charge is 2.37. The van der Waals surface area contributed by atoms with Crippen molar-refractivity contribution in [1.82, 2.24) is 15.2 Å². The van der Waals surface area contributed by atoms with Crippen LogP contribution in [0.15, 0.2) is 24.4 Å². The Kier molecular flexibility index (Phi) is 6.31. The number of rotatable bonds is 6. The minimum absolute atomic E-state index is 0.0180. The summed E-state index contributed by atoms with van der Waals surface area (Å²) in [5.41, 5.74) is 6.71. The molecule has 3 N–H and O–H groups in total. The predicted molar refractivity (Wildman–Crippen MR) is 93.1 cm³/mol. The number of hydrogen-bond donors (Lipinski definition) is 2. The maximum absolute atomic E-state index is 12.3. The molecule has 2 atom stereocenters. The smallest absolute Gasteiger partial charge is 0.241 e. The molecule has 1 aliphatic carbocycles. The Morgan fingerprint density at radius 2 is 2.21 bits per heavy atom. The van der Waals surface area contributed by atoms with Crippen molar-refractivity contribution in [2.24, 2.45) is 11.7 Å². The first-order chi connectivity index (χ1) is 11.4. The van der Waals surface area contributed by atoms with Gasteiger partial charge in [0.1, 0.15) is 0 Å². The zero-order valence-corrected chi connectivity index (χ0v) is 14.6. The molecular formula is C18H28N4O2. The highest BCUT2D eigenvalue weighted by molar-refractivity contribution is 5.86. The average Bonchev–Trinajstić information content (AvgIpc) is 2.57. The molecule has 2 amide bonds. The van der Waals surface area contributed by atoms with Crippen LogP contribution in [0.25, 0.3) is 0 Å². The number of carbonyl (C=O) groups is 2. The number of nitrogens with one attached hydrogen (secondary N) is 1. The maximum atomic E-state index is 12.3. The largest absolute Gasteiger partial charge is 0.347 e. The quantitative estimate of drug-likeness (QED) is 0.817. The molecule has 0 spiro atoms. The highest BCUT2D eigenvalue weighted by Crippen LogP contribution is 2.31. The first kappa shape index (κ1) is 18.4. The summed E-state index contributed by atoms with van der Waals surface area (Å²) in [6.45, 7) is 2.52. The average molecular weight is 332 g/mol. The van der Waals surface area contributed by atoms with E-state index in [-0.39, 0.29) is 24.3 Å². The van der Waals surface area contributed by atoms with Crippen LogP contribution in [0.5, 0.6) is 0 Å². The number of pyridine rings is 1. The minimum Gasteiger partial charge on any atom is -0.347 e. The molecule has 1 aromatic rings. The van der Waals surface area contributed by atoms with E-state index in [2.05, 4.69) is 10.3 Å². The zero-order valence-electron chi connectivity index (χ0n) is 14.6. The van der Waals surface area contributed by atoms with Gasteiger partial charge >= 0.3 is 0 Å². The lowest BCUT2D eigenvalue weighted by Crippen LogP contribution is -2.53. The SMILES string of the molecule is CN(CCc1ccccn1)C(=O)CNC(=O)C1CCCCC1(C)N. The number of aromatic nitrogens is 1. The van der Waals surface area contributed by atoms with Crippen LogP contribution in [-0.2, 0) is 16.0 Å². The number of nitrogens with two attached hydrogens (primary N) is 1. The molecule has 132 valence electrons. The van der Waals surface area contributed by atoms with Crippen LogP contribution in [0.1, 0.15) is 38.3 Å². The second-order valence-electron chi connectivity index (χ2n) is 6.91. The second kappa shape index (κ2) is 8.24. The van der Waals surface area contributed by atoms with Crippen LogP contribution in [-0.4, -0.2) is 47.4 Å². The van der Waals surface area contributed by atoms with Gasteiger partial charge in [0.05, 0.1) is 12.5 Å². The number of amides is 2. The molecule has 1 saturated carbocycles. The third kappa shape index (κ3) is 5.03. The highest BCUT2D eigenvalue weighted by atomic mass is 16.2. The molecule has 0 bridgehead atoms. The molecule has 0 radical (unpaired) electrons. The summed E-state index contributed by atoms with van der Waals surface area (Å²) in [6.07, 6.45) is 6.16. The fourth-order valence-corrected chi connectivity index (χ4v) is 3.16. The molecular weight excluding hydrogens is 304 g/mol. The molecule has 6 heteroatoms.